The number of aliphatic carboxylic acids is 1. The maximum absolute atomic E-state index is 12.5. The Morgan fingerprint density at radius 2 is 1.65 bits per heavy atom. The van der Waals surface area contributed by atoms with Crippen LogP contribution in [0, 0.1) is 23.7 Å². The van der Waals surface area contributed by atoms with Gasteiger partial charge in [0, 0.05) is 0 Å². The van der Waals surface area contributed by atoms with Crippen molar-refractivity contribution in [3.63, 3.8) is 0 Å². The molecule has 0 aromatic rings. The Bertz CT molecular complexity index is 448. The molecule has 2 N–H and O–H groups in total. The molecule has 20 heavy (non-hydrogen) atoms. The van der Waals surface area contributed by atoms with E-state index in [9.17, 15) is 27.9 Å². The van der Waals surface area contributed by atoms with E-state index >= 15 is 0 Å². The van der Waals surface area contributed by atoms with Crippen LogP contribution in [0.15, 0.2) is 0 Å². The number of carboxylic acids is 1. The predicted molar refractivity (Wildman–Crippen MR) is 61.6 cm³/mol. The molecule has 7 heteroatoms. The van der Waals surface area contributed by atoms with Gasteiger partial charge in [0.15, 0.2) is 0 Å². The van der Waals surface area contributed by atoms with Gasteiger partial charge in [-0.25, -0.2) is 0 Å². The van der Waals surface area contributed by atoms with Crippen LogP contribution in [0.3, 0.4) is 0 Å². The zero-order valence-electron chi connectivity index (χ0n) is 10.7. The minimum Gasteiger partial charge on any atom is -0.481 e. The highest BCUT2D eigenvalue weighted by atomic mass is 19.4. The standard InChI is InChI=1S/C13H16F3NO3/c14-13(15,16)11(20)17-12-4-6-1-7(5-12)3-8(2-6)9(12)10(18)19/h6-9H,1-5H2,(H,17,20)(H,18,19). The molecule has 0 heterocycles. The van der Waals surface area contributed by atoms with E-state index in [1.54, 1.807) is 0 Å². The maximum atomic E-state index is 12.5. The number of nitrogens with one attached hydrogen (secondary N) is 1. The monoisotopic (exact) mass is 291 g/mol. The van der Waals surface area contributed by atoms with Crippen molar-refractivity contribution in [2.75, 3.05) is 0 Å². The quantitative estimate of drug-likeness (QED) is 0.817. The predicted octanol–water partition coefficient (Wildman–Crippen LogP) is 1.94. The second-order valence-electron chi connectivity index (χ2n) is 6.53. The Balaban J connectivity index is 1.91. The van der Waals surface area contributed by atoms with Gasteiger partial charge in [0.05, 0.1) is 11.5 Å². The minimum absolute atomic E-state index is 0.104. The number of halogens is 3. The van der Waals surface area contributed by atoms with Gasteiger partial charge < -0.3 is 10.4 Å². The number of carboxylic acid groups (broad SMARTS) is 1. The van der Waals surface area contributed by atoms with E-state index in [2.05, 4.69) is 5.32 Å². The van der Waals surface area contributed by atoms with Gasteiger partial charge in [-0.05, 0) is 49.9 Å². The lowest BCUT2D eigenvalue weighted by atomic mass is 9.48. The van der Waals surface area contributed by atoms with E-state index in [-0.39, 0.29) is 17.8 Å². The molecule has 0 aromatic heterocycles. The molecule has 4 saturated carbocycles. The molecule has 112 valence electrons. The van der Waals surface area contributed by atoms with Gasteiger partial charge in [-0.1, -0.05) is 0 Å². The molecule has 4 fully saturated rings. The van der Waals surface area contributed by atoms with E-state index in [1.807, 2.05) is 0 Å². The first-order valence-electron chi connectivity index (χ1n) is 6.83. The van der Waals surface area contributed by atoms with Crippen LogP contribution in [0.4, 0.5) is 13.2 Å². The van der Waals surface area contributed by atoms with Crippen LogP contribution in [0.1, 0.15) is 32.1 Å². The molecular formula is C13H16F3NO3. The summed E-state index contributed by atoms with van der Waals surface area (Å²) in [5.41, 5.74) is -1.20. The first-order valence-corrected chi connectivity index (χ1v) is 6.83. The van der Waals surface area contributed by atoms with E-state index < -0.39 is 29.5 Å². The Hall–Kier alpha value is -1.27. The molecule has 3 unspecified atom stereocenters. The van der Waals surface area contributed by atoms with E-state index in [0.717, 1.165) is 19.3 Å². The first kappa shape index (κ1) is 13.7. The van der Waals surface area contributed by atoms with Crippen LogP contribution < -0.4 is 5.32 Å². The second-order valence-corrected chi connectivity index (χ2v) is 6.53. The molecule has 0 radical (unpaired) electrons. The molecular weight excluding hydrogens is 275 g/mol. The Morgan fingerprint density at radius 1 is 1.10 bits per heavy atom. The topological polar surface area (TPSA) is 66.4 Å². The fourth-order valence-electron chi connectivity index (χ4n) is 4.96. The van der Waals surface area contributed by atoms with Crippen molar-refractivity contribution < 1.29 is 27.9 Å². The molecule has 0 aliphatic heterocycles. The maximum Gasteiger partial charge on any atom is 0.471 e. The molecule has 4 aliphatic rings. The van der Waals surface area contributed by atoms with Crippen molar-refractivity contribution in [1.82, 2.24) is 5.32 Å². The first-order chi connectivity index (χ1) is 9.21. The highest BCUT2D eigenvalue weighted by Gasteiger charge is 2.61. The van der Waals surface area contributed by atoms with Crippen molar-refractivity contribution in [3.05, 3.63) is 0 Å². The normalized spacial score (nSPS) is 42.5. The van der Waals surface area contributed by atoms with E-state index in [1.165, 1.54) is 0 Å². The van der Waals surface area contributed by atoms with Crippen molar-refractivity contribution in [2.24, 2.45) is 23.7 Å². The van der Waals surface area contributed by atoms with Gasteiger partial charge in [0.1, 0.15) is 0 Å². The molecule has 4 bridgehead atoms. The van der Waals surface area contributed by atoms with Gasteiger partial charge in [-0.3, -0.25) is 9.59 Å². The van der Waals surface area contributed by atoms with Gasteiger partial charge in [-0.15, -0.1) is 0 Å². The fourth-order valence-corrected chi connectivity index (χ4v) is 4.96. The van der Waals surface area contributed by atoms with Crippen molar-refractivity contribution in [1.29, 1.82) is 0 Å². The summed E-state index contributed by atoms with van der Waals surface area (Å²) in [6.45, 7) is 0. The average molecular weight is 291 g/mol. The third-order valence-corrected chi connectivity index (χ3v) is 5.20. The molecule has 0 saturated heterocycles. The molecule has 0 aromatic carbocycles. The third kappa shape index (κ3) is 1.98. The van der Waals surface area contributed by atoms with Gasteiger partial charge in [0.2, 0.25) is 0 Å². The van der Waals surface area contributed by atoms with Crippen molar-refractivity contribution in [3.8, 4) is 0 Å². The van der Waals surface area contributed by atoms with Gasteiger partial charge in [-0.2, -0.15) is 13.2 Å². The van der Waals surface area contributed by atoms with Gasteiger partial charge >= 0.3 is 18.1 Å². The van der Waals surface area contributed by atoms with Crippen LogP contribution in [0.5, 0.6) is 0 Å². The molecule has 0 spiro atoms. The summed E-state index contributed by atoms with van der Waals surface area (Å²) < 4.78 is 37.5. The molecule has 4 nitrogen and oxygen atoms in total. The molecule has 4 rings (SSSR count). The number of hydrogen-bond donors (Lipinski definition) is 2. The SMILES string of the molecule is O=C(O)C1C2CC3CC(C2)CC1(NC(=O)C(F)(F)F)C3. The van der Waals surface area contributed by atoms with Crippen LogP contribution in [0.25, 0.3) is 0 Å². The lowest BCUT2D eigenvalue weighted by molar-refractivity contribution is -0.184. The Morgan fingerprint density at radius 3 is 2.10 bits per heavy atom. The summed E-state index contributed by atoms with van der Waals surface area (Å²) in [5.74, 6) is -3.59. The zero-order valence-corrected chi connectivity index (χ0v) is 10.7. The molecule has 4 aliphatic carbocycles. The summed E-state index contributed by atoms with van der Waals surface area (Å²) in [5, 5.41) is 11.4. The fraction of sp³-hybridized carbons (Fsp3) is 0.846. The summed E-state index contributed by atoms with van der Waals surface area (Å²) in [6.07, 6.45) is -1.77. The molecule has 1 amide bonds. The lowest BCUT2D eigenvalue weighted by Crippen LogP contribution is -2.68. The average Bonchev–Trinajstić information content (AvgIpc) is 2.24. The van der Waals surface area contributed by atoms with Crippen LogP contribution in [-0.4, -0.2) is 28.7 Å². The Kier molecular flexibility index (Phi) is 2.82. The van der Waals surface area contributed by atoms with Crippen molar-refractivity contribution in [2.45, 2.75) is 43.8 Å². The van der Waals surface area contributed by atoms with Gasteiger partial charge in [0.25, 0.3) is 0 Å². The number of rotatable bonds is 2. The van der Waals surface area contributed by atoms with E-state index in [0.29, 0.717) is 12.8 Å². The summed E-state index contributed by atoms with van der Waals surface area (Å²) >= 11 is 0. The smallest absolute Gasteiger partial charge is 0.471 e. The number of amides is 1. The second kappa shape index (κ2) is 4.11. The van der Waals surface area contributed by atoms with Crippen LogP contribution in [-0.2, 0) is 9.59 Å². The van der Waals surface area contributed by atoms with Crippen LogP contribution >= 0.6 is 0 Å². The minimum atomic E-state index is -4.97. The highest BCUT2D eigenvalue weighted by molar-refractivity contribution is 5.84. The number of carbonyl (C=O) groups is 2. The van der Waals surface area contributed by atoms with Crippen molar-refractivity contribution >= 4 is 11.9 Å². The summed E-state index contributed by atoms with van der Waals surface area (Å²) in [4.78, 5) is 22.8. The lowest BCUT2D eigenvalue weighted by Gasteiger charge is -2.59. The molecule has 3 atom stereocenters. The summed E-state index contributed by atoms with van der Waals surface area (Å²) in [7, 11) is 0. The van der Waals surface area contributed by atoms with E-state index in [4.69, 9.17) is 0 Å². The third-order valence-electron chi connectivity index (χ3n) is 5.20. The highest BCUT2D eigenvalue weighted by Crippen LogP contribution is 2.58. The zero-order chi connectivity index (χ0) is 14.7. The largest absolute Gasteiger partial charge is 0.481 e. The van der Waals surface area contributed by atoms with Crippen LogP contribution in [0.2, 0.25) is 0 Å². The number of hydrogen-bond acceptors (Lipinski definition) is 2. The summed E-state index contributed by atoms with van der Waals surface area (Å²) in [6, 6.07) is 0. The number of alkyl halides is 3. The Labute approximate surface area is 113 Å². The number of carbonyl (C=O) groups excluding carboxylic acids is 1.